The molecule has 7 heteroatoms. The first-order valence-corrected chi connectivity index (χ1v) is 8.31. The summed E-state index contributed by atoms with van der Waals surface area (Å²) in [5.74, 6) is 0.000724. The number of nitrogens with zero attached hydrogens (tertiary/aromatic N) is 3. The van der Waals surface area contributed by atoms with Crippen molar-refractivity contribution in [1.82, 2.24) is 14.8 Å². The number of phenols is 1. The first-order valence-electron chi connectivity index (χ1n) is 7.36. The van der Waals surface area contributed by atoms with E-state index < -0.39 is 0 Å². The van der Waals surface area contributed by atoms with E-state index in [4.69, 9.17) is 0 Å². The van der Waals surface area contributed by atoms with Crippen LogP contribution in [-0.4, -0.2) is 57.9 Å². The summed E-state index contributed by atoms with van der Waals surface area (Å²) in [6.07, 6.45) is 0.310. The number of piperazine rings is 1. The van der Waals surface area contributed by atoms with Gasteiger partial charge in [0.1, 0.15) is 5.75 Å². The third-order valence-electron chi connectivity index (χ3n) is 3.83. The molecule has 0 unspecified atom stereocenters. The van der Waals surface area contributed by atoms with Gasteiger partial charge in [-0.1, -0.05) is 6.07 Å². The lowest BCUT2D eigenvalue weighted by Crippen LogP contribution is -2.51. The SMILES string of the molecule is O=C(Cc1cscn1)N1CCN(C(=O)c2cccc(O)c2)CC1. The van der Waals surface area contributed by atoms with Crippen molar-refractivity contribution < 1.29 is 14.7 Å². The molecule has 1 saturated heterocycles. The van der Waals surface area contributed by atoms with Crippen molar-refractivity contribution in [2.24, 2.45) is 0 Å². The summed E-state index contributed by atoms with van der Waals surface area (Å²) in [7, 11) is 0. The van der Waals surface area contributed by atoms with Gasteiger partial charge in [0.05, 0.1) is 17.6 Å². The number of hydrogen-bond donors (Lipinski definition) is 1. The van der Waals surface area contributed by atoms with Crippen molar-refractivity contribution in [2.75, 3.05) is 26.2 Å². The highest BCUT2D eigenvalue weighted by atomic mass is 32.1. The lowest BCUT2D eigenvalue weighted by Gasteiger charge is -2.34. The average Bonchev–Trinajstić information content (AvgIpc) is 3.07. The molecular formula is C16H17N3O3S. The van der Waals surface area contributed by atoms with Gasteiger partial charge in [0.15, 0.2) is 0 Å². The zero-order valence-corrected chi connectivity index (χ0v) is 13.3. The number of aromatic nitrogens is 1. The second-order valence-electron chi connectivity index (χ2n) is 5.38. The molecule has 3 rings (SSSR count). The molecule has 23 heavy (non-hydrogen) atoms. The Kier molecular flexibility index (Phi) is 4.57. The van der Waals surface area contributed by atoms with E-state index in [0.717, 1.165) is 5.69 Å². The van der Waals surface area contributed by atoms with E-state index in [9.17, 15) is 14.7 Å². The van der Waals surface area contributed by atoms with Crippen molar-refractivity contribution in [2.45, 2.75) is 6.42 Å². The van der Waals surface area contributed by atoms with E-state index in [-0.39, 0.29) is 17.6 Å². The van der Waals surface area contributed by atoms with E-state index >= 15 is 0 Å². The highest BCUT2D eigenvalue weighted by Gasteiger charge is 2.25. The van der Waals surface area contributed by atoms with E-state index in [1.54, 1.807) is 27.4 Å². The van der Waals surface area contributed by atoms with Gasteiger partial charge in [0.2, 0.25) is 5.91 Å². The largest absolute Gasteiger partial charge is 0.508 e. The zero-order valence-electron chi connectivity index (χ0n) is 12.5. The van der Waals surface area contributed by atoms with Crippen LogP contribution in [0.2, 0.25) is 0 Å². The molecule has 1 N–H and O–H groups in total. The molecule has 0 bridgehead atoms. The molecule has 2 aromatic rings. The van der Waals surface area contributed by atoms with Gasteiger partial charge in [-0.3, -0.25) is 9.59 Å². The summed E-state index contributed by atoms with van der Waals surface area (Å²) in [6.45, 7) is 2.04. The van der Waals surface area contributed by atoms with Crippen molar-refractivity contribution in [1.29, 1.82) is 0 Å². The molecule has 1 aromatic carbocycles. The average molecular weight is 331 g/mol. The Morgan fingerprint density at radius 1 is 1.17 bits per heavy atom. The molecule has 2 amide bonds. The summed E-state index contributed by atoms with van der Waals surface area (Å²) in [4.78, 5) is 32.2. The van der Waals surface area contributed by atoms with E-state index in [1.165, 1.54) is 23.5 Å². The summed E-state index contributed by atoms with van der Waals surface area (Å²) in [5.41, 5.74) is 2.97. The number of phenolic OH excluding ortho intramolecular Hbond substituents is 1. The molecule has 120 valence electrons. The smallest absolute Gasteiger partial charge is 0.254 e. The maximum atomic E-state index is 12.4. The molecule has 0 aliphatic carbocycles. The van der Waals surface area contributed by atoms with Gasteiger partial charge in [-0.15, -0.1) is 11.3 Å². The van der Waals surface area contributed by atoms with Crippen LogP contribution in [0.15, 0.2) is 35.2 Å². The van der Waals surface area contributed by atoms with Crippen LogP contribution in [0.5, 0.6) is 5.75 Å². The fraction of sp³-hybridized carbons (Fsp3) is 0.312. The standard InChI is InChI=1S/C16H17N3O3S/c20-14-3-1-2-12(8-14)16(22)19-6-4-18(5-7-19)15(21)9-13-10-23-11-17-13/h1-3,8,10-11,20H,4-7,9H2. The highest BCUT2D eigenvalue weighted by molar-refractivity contribution is 7.07. The Morgan fingerprint density at radius 2 is 1.91 bits per heavy atom. The van der Waals surface area contributed by atoms with Gasteiger partial charge in [0.25, 0.3) is 5.91 Å². The molecule has 2 heterocycles. The minimum Gasteiger partial charge on any atom is -0.508 e. The molecule has 0 radical (unpaired) electrons. The minimum atomic E-state index is -0.118. The van der Waals surface area contributed by atoms with Crippen molar-refractivity contribution in [3.05, 3.63) is 46.4 Å². The third-order valence-corrected chi connectivity index (χ3v) is 4.46. The van der Waals surface area contributed by atoms with Crippen LogP contribution >= 0.6 is 11.3 Å². The van der Waals surface area contributed by atoms with Gasteiger partial charge >= 0.3 is 0 Å². The predicted octanol–water partition coefficient (Wildman–Crippen LogP) is 1.38. The Balaban J connectivity index is 1.55. The zero-order chi connectivity index (χ0) is 16.2. The van der Waals surface area contributed by atoms with Crippen LogP contribution in [0.3, 0.4) is 0 Å². The molecule has 0 saturated carbocycles. The molecule has 1 aliphatic rings. The molecule has 1 fully saturated rings. The Morgan fingerprint density at radius 3 is 2.57 bits per heavy atom. The maximum Gasteiger partial charge on any atom is 0.254 e. The summed E-state index contributed by atoms with van der Waals surface area (Å²) in [6, 6.07) is 6.33. The molecular weight excluding hydrogens is 314 g/mol. The number of thiazole rings is 1. The van der Waals surface area contributed by atoms with E-state index in [0.29, 0.717) is 38.2 Å². The monoisotopic (exact) mass is 331 g/mol. The fourth-order valence-corrected chi connectivity index (χ4v) is 3.13. The van der Waals surface area contributed by atoms with Crippen molar-refractivity contribution in [3.8, 4) is 5.75 Å². The van der Waals surface area contributed by atoms with Crippen LogP contribution in [-0.2, 0) is 11.2 Å². The van der Waals surface area contributed by atoms with Gasteiger partial charge in [-0.05, 0) is 18.2 Å². The van der Waals surface area contributed by atoms with Crippen LogP contribution in [0.4, 0.5) is 0 Å². The number of hydrogen-bond acceptors (Lipinski definition) is 5. The second kappa shape index (κ2) is 6.78. The number of rotatable bonds is 3. The minimum absolute atomic E-state index is 0.0420. The first-order chi connectivity index (χ1) is 11.1. The van der Waals surface area contributed by atoms with Gasteiger partial charge in [-0.2, -0.15) is 0 Å². The molecule has 6 nitrogen and oxygen atoms in total. The number of aromatic hydroxyl groups is 1. The maximum absolute atomic E-state index is 12.4. The Labute approximate surface area is 138 Å². The van der Waals surface area contributed by atoms with Crippen molar-refractivity contribution >= 4 is 23.2 Å². The van der Waals surface area contributed by atoms with E-state index in [2.05, 4.69) is 4.98 Å². The number of carbonyl (C=O) groups is 2. The second-order valence-corrected chi connectivity index (χ2v) is 6.10. The number of benzene rings is 1. The predicted molar refractivity (Wildman–Crippen MR) is 86.4 cm³/mol. The van der Waals surface area contributed by atoms with Gasteiger partial charge in [-0.25, -0.2) is 4.98 Å². The first kappa shape index (κ1) is 15.5. The summed E-state index contributed by atoms with van der Waals surface area (Å²) < 4.78 is 0. The lowest BCUT2D eigenvalue weighted by atomic mass is 10.1. The summed E-state index contributed by atoms with van der Waals surface area (Å²) in [5, 5.41) is 11.3. The molecule has 1 aromatic heterocycles. The Hall–Kier alpha value is -2.41. The molecule has 0 spiro atoms. The highest BCUT2D eigenvalue weighted by Crippen LogP contribution is 2.15. The third kappa shape index (κ3) is 3.68. The number of amides is 2. The van der Waals surface area contributed by atoms with Crippen LogP contribution < -0.4 is 0 Å². The fourth-order valence-electron chi connectivity index (χ4n) is 2.57. The topological polar surface area (TPSA) is 73.7 Å². The van der Waals surface area contributed by atoms with Crippen LogP contribution in [0, 0.1) is 0 Å². The normalized spacial score (nSPS) is 14.8. The lowest BCUT2D eigenvalue weighted by molar-refractivity contribution is -0.132. The van der Waals surface area contributed by atoms with Crippen molar-refractivity contribution in [3.63, 3.8) is 0 Å². The molecule has 0 atom stereocenters. The van der Waals surface area contributed by atoms with Gasteiger partial charge < -0.3 is 14.9 Å². The Bertz CT molecular complexity index is 694. The van der Waals surface area contributed by atoms with Gasteiger partial charge in [0, 0.05) is 37.1 Å². The molecule has 1 aliphatic heterocycles. The van der Waals surface area contributed by atoms with E-state index in [1.807, 2.05) is 5.38 Å². The summed E-state index contributed by atoms with van der Waals surface area (Å²) >= 11 is 1.48. The quantitative estimate of drug-likeness (QED) is 0.922. The van der Waals surface area contributed by atoms with Crippen LogP contribution in [0.25, 0.3) is 0 Å². The number of carbonyl (C=O) groups excluding carboxylic acids is 2. The van der Waals surface area contributed by atoms with Crippen LogP contribution in [0.1, 0.15) is 16.1 Å².